The number of imidazole rings is 1. The molecule has 1 saturated carbocycles. The monoisotopic (exact) mass is 518 g/mol. The second kappa shape index (κ2) is 9.00. The van der Waals surface area contributed by atoms with Crippen LogP contribution in [-0.2, 0) is 0 Å². The number of carbonyl (C=O) groups excluding carboxylic acids is 1. The molecule has 38 heavy (non-hydrogen) atoms. The van der Waals surface area contributed by atoms with Crippen molar-refractivity contribution in [1.82, 2.24) is 34.3 Å². The van der Waals surface area contributed by atoms with E-state index in [1.807, 2.05) is 24.3 Å². The molecule has 5 aromatic heterocycles. The molecule has 0 bridgehead atoms. The van der Waals surface area contributed by atoms with Crippen LogP contribution in [0, 0.1) is 6.92 Å². The van der Waals surface area contributed by atoms with Crippen LogP contribution in [0.15, 0.2) is 78.7 Å². The lowest BCUT2D eigenvalue weighted by Crippen LogP contribution is -2.12. The van der Waals surface area contributed by atoms with Gasteiger partial charge in [0.2, 0.25) is 0 Å². The van der Waals surface area contributed by atoms with Crippen molar-refractivity contribution in [2.24, 2.45) is 0 Å². The Kier molecular flexibility index (Phi) is 5.33. The fourth-order valence-electron chi connectivity index (χ4n) is 4.30. The van der Waals surface area contributed by atoms with Crippen molar-refractivity contribution in [2.75, 3.05) is 5.32 Å². The average molecular weight is 519 g/mol. The molecule has 1 aliphatic carbocycles. The van der Waals surface area contributed by atoms with E-state index >= 15 is 0 Å². The van der Waals surface area contributed by atoms with Crippen molar-refractivity contribution in [3.05, 3.63) is 90.0 Å². The number of thiazole rings is 1. The molecule has 1 aliphatic rings. The quantitative estimate of drug-likeness (QED) is 0.305. The van der Waals surface area contributed by atoms with E-state index in [4.69, 9.17) is 10.2 Å². The summed E-state index contributed by atoms with van der Waals surface area (Å²) in [6.07, 6.45) is 9.50. The molecular formula is C28H22N8OS. The van der Waals surface area contributed by atoms with Crippen molar-refractivity contribution in [2.45, 2.75) is 25.8 Å². The predicted molar refractivity (Wildman–Crippen MR) is 146 cm³/mol. The van der Waals surface area contributed by atoms with Gasteiger partial charge in [-0.25, -0.2) is 14.5 Å². The number of aromatic nitrogens is 7. The van der Waals surface area contributed by atoms with Gasteiger partial charge in [-0.05, 0) is 44.0 Å². The van der Waals surface area contributed by atoms with Crippen molar-refractivity contribution >= 4 is 28.7 Å². The van der Waals surface area contributed by atoms with Gasteiger partial charge in [0, 0.05) is 40.7 Å². The van der Waals surface area contributed by atoms with E-state index in [0.29, 0.717) is 23.2 Å². The van der Waals surface area contributed by atoms with E-state index in [9.17, 15) is 4.79 Å². The highest BCUT2D eigenvalue weighted by Crippen LogP contribution is 2.38. The topological polar surface area (TPSA) is 103 Å². The van der Waals surface area contributed by atoms with Crippen molar-refractivity contribution < 1.29 is 4.79 Å². The van der Waals surface area contributed by atoms with Crippen LogP contribution in [0.3, 0.4) is 0 Å². The summed E-state index contributed by atoms with van der Waals surface area (Å²) in [7, 11) is 0. The fourth-order valence-corrected chi connectivity index (χ4v) is 5.11. The summed E-state index contributed by atoms with van der Waals surface area (Å²) >= 11 is 1.41. The Hall–Kier alpha value is -4.70. The third-order valence-electron chi connectivity index (χ3n) is 6.48. The summed E-state index contributed by atoms with van der Waals surface area (Å²) in [5.41, 5.74) is 6.81. The SMILES string of the molecule is Cc1ccc(-c2nn(C3CC3)cc2-c2ccc3nc(NC(=O)c4csc(-c5ccncc5)n4)cn3n2)cc1. The molecule has 1 N–H and O–H groups in total. The lowest BCUT2D eigenvalue weighted by molar-refractivity contribution is 0.102. The highest BCUT2D eigenvalue weighted by molar-refractivity contribution is 7.13. The van der Waals surface area contributed by atoms with E-state index in [1.165, 1.54) is 16.9 Å². The first-order chi connectivity index (χ1) is 18.6. The number of pyridine rings is 1. The van der Waals surface area contributed by atoms with Gasteiger partial charge in [0.1, 0.15) is 16.4 Å². The highest BCUT2D eigenvalue weighted by atomic mass is 32.1. The zero-order valence-electron chi connectivity index (χ0n) is 20.4. The van der Waals surface area contributed by atoms with Crippen LogP contribution in [0.25, 0.3) is 38.7 Å². The maximum atomic E-state index is 12.9. The van der Waals surface area contributed by atoms with Crippen LogP contribution in [0.5, 0.6) is 0 Å². The molecule has 0 radical (unpaired) electrons. The van der Waals surface area contributed by atoms with Crippen LogP contribution in [0.1, 0.15) is 34.9 Å². The summed E-state index contributed by atoms with van der Waals surface area (Å²) in [4.78, 5) is 25.9. The Morgan fingerprint density at radius 2 is 1.76 bits per heavy atom. The van der Waals surface area contributed by atoms with Gasteiger partial charge in [0.25, 0.3) is 5.91 Å². The molecule has 0 saturated heterocycles. The standard InChI is InChI=1S/C28H22N8OS/c1-17-2-4-18(5-3-17)26-21(14-35(34-26)20-6-7-20)22-8-9-25-31-24(15-36(25)33-22)32-27(37)23-16-38-28(30-23)19-10-12-29-13-11-19/h2-5,8-16,20H,6-7H2,1H3,(H,32,37). The van der Waals surface area contributed by atoms with Gasteiger partial charge >= 0.3 is 0 Å². The lowest BCUT2D eigenvalue weighted by Gasteiger charge is -2.03. The number of fused-ring (bicyclic) bond motifs is 1. The number of nitrogens with one attached hydrogen (secondary N) is 1. The van der Waals surface area contributed by atoms with E-state index in [2.05, 4.69) is 62.3 Å². The van der Waals surface area contributed by atoms with Gasteiger partial charge in [-0.1, -0.05) is 29.8 Å². The van der Waals surface area contributed by atoms with Crippen LogP contribution in [0.4, 0.5) is 5.82 Å². The summed E-state index contributed by atoms with van der Waals surface area (Å²) in [5, 5.41) is 15.1. The van der Waals surface area contributed by atoms with E-state index < -0.39 is 0 Å². The second-order valence-corrected chi connectivity index (χ2v) is 10.2. The first kappa shape index (κ1) is 22.5. The number of hydrogen-bond acceptors (Lipinski definition) is 7. The molecule has 1 aromatic carbocycles. The summed E-state index contributed by atoms with van der Waals surface area (Å²) in [5.74, 6) is 0.0862. The van der Waals surface area contributed by atoms with Crippen LogP contribution in [0.2, 0.25) is 0 Å². The molecule has 10 heteroatoms. The fraction of sp³-hybridized carbons (Fsp3) is 0.143. The molecule has 1 fully saturated rings. The van der Waals surface area contributed by atoms with Gasteiger partial charge in [0.05, 0.1) is 17.9 Å². The minimum absolute atomic E-state index is 0.322. The smallest absolute Gasteiger partial charge is 0.276 e. The van der Waals surface area contributed by atoms with Gasteiger partial charge in [-0.3, -0.25) is 14.5 Å². The number of carbonyl (C=O) groups is 1. The number of nitrogens with zero attached hydrogens (tertiary/aromatic N) is 7. The second-order valence-electron chi connectivity index (χ2n) is 9.34. The Bertz CT molecular complexity index is 1780. The number of hydrogen-bond donors (Lipinski definition) is 1. The Morgan fingerprint density at radius 3 is 2.55 bits per heavy atom. The van der Waals surface area contributed by atoms with Gasteiger partial charge < -0.3 is 5.32 Å². The average Bonchev–Trinajstić information content (AvgIpc) is 3.33. The first-order valence-corrected chi connectivity index (χ1v) is 13.2. The van der Waals surface area contributed by atoms with Crippen molar-refractivity contribution in [1.29, 1.82) is 0 Å². The van der Waals surface area contributed by atoms with Crippen LogP contribution < -0.4 is 5.32 Å². The molecule has 0 spiro atoms. The normalized spacial score (nSPS) is 13.2. The number of rotatable bonds is 6. The molecule has 1 amide bonds. The maximum absolute atomic E-state index is 12.9. The first-order valence-electron chi connectivity index (χ1n) is 12.3. The third-order valence-corrected chi connectivity index (χ3v) is 7.37. The molecule has 7 rings (SSSR count). The zero-order chi connectivity index (χ0) is 25.6. The largest absolute Gasteiger partial charge is 0.304 e. The van der Waals surface area contributed by atoms with Crippen molar-refractivity contribution in [3.63, 3.8) is 0 Å². The summed E-state index contributed by atoms with van der Waals surface area (Å²) < 4.78 is 3.74. The van der Waals surface area contributed by atoms with E-state index in [-0.39, 0.29) is 5.91 Å². The molecular weight excluding hydrogens is 496 g/mol. The molecule has 6 aromatic rings. The number of benzene rings is 1. The summed E-state index contributed by atoms with van der Waals surface area (Å²) in [6, 6.07) is 16.4. The maximum Gasteiger partial charge on any atom is 0.276 e. The third kappa shape index (κ3) is 4.24. The lowest BCUT2D eigenvalue weighted by atomic mass is 10.0. The highest BCUT2D eigenvalue weighted by Gasteiger charge is 2.27. The molecule has 5 heterocycles. The minimum atomic E-state index is -0.322. The van der Waals surface area contributed by atoms with Gasteiger partial charge in [-0.2, -0.15) is 10.2 Å². The van der Waals surface area contributed by atoms with Gasteiger partial charge in [0.15, 0.2) is 11.5 Å². The molecule has 0 atom stereocenters. The Labute approximate surface area is 221 Å². The van der Waals surface area contributed by atoms with Crippen LogP contribution in [-0.4, -0.2) is 40.3 Å². The van der Waals surface area contributed by atoms with E-state index in [1.54, 1.807) is 28.5 Å². The Morgan fingerprint density at radius 1 is 0.947 bits per heavy atom. The van der Waals surface area contributed by atoms with Crippen molar-refractivity contribution in [3.8, 4) is 33.1 Å². The minimum Gasteiger partial charge on any atom is -0.304 e. The molecule has 9 nitrogen and oxygen atoms in total. The number of anilines is 1. The Balaban J connectivity index is 1.17. The zero-order valence-corrected chi connectivity index (χ0v) is 21.3. The number of amides is 1. The molecule has 186 valence electrons. The van der Waals surface area contributed by atoms with Crippen LogP contribution >= 0.6 is 11.3 Å². The summed E-state index contributed by atoms with van der Waals surface area (Å²) in [6.45, 7) is 2.08. The number of aryl methyl sites for hydroxylation is 1. The molecule has 0 unspecified atom stereocenters. The van der Waals surface area contributed by atoms with E-state index in [0.717, 1.165) is 45.9 Å². The predicted octanol–water partition coefficient (Wildman–Crippen LogP) is 5.67. The van der Waals surface area contributed by atoms with Gasteiger partial charge in [-0.15, -0.1) is 11.3 Å². The molecule has 0 aliphatic heterocycles.